The first-order valence-electron chi connectivity index (χ1n) is 5.62. The van der Waals surface area contributed by atoms with Gasteiger partial charge in [0.1, 0.15) is 11.5 Å². The molecule has 2 aromatic carbocycles. The van der Waals surface area contributed by atoms with Crippen molar-refractivity contribution in [3.05, 3.63) is 57.6 Å². The van der Waals surface area contributed by atoms with E-state index in [-0.39, 0.29) is 42.1 Å². The van der Waals surface area contributed by atoms with Gasteiger partial charge in [-0.25, -0.2) is 0 Å². The zero-order valence-corrected chi connectivity index (χ0v) is 17.6. The zero-order valence-electron chi connectivity index (χ0n) is 11.5. The fourth-order valence-corrected chi connectivity index (χ4v) is 2.01. The van der Waals surface area contributed by atoms with Crippen LogP contribution in [0.2, 0.25) is 10.0 Å². The molecule has 0 aliphatic heterocycles. The fraction of sp³-hybridized carbons (Fsp3) is 0. The van der Waals surface area contributed by atoms with Crippen LogP contribution in [0, 0.1) is 0 Å². The van der Waals surface area contributed by atoms with Gasteiger partial charge in [0.2, 0.25) is 0 Å². The number of benzene rings is 2. The van der Waals surface area contributed by atoms with Gasteiger partial charge in [-0.15, -0.1) is 0 Å². The van der Waals surface area contributed by atoms with Gasteiger partial charge in [0.05, 0.1) is 0 Å². The van der Waals surface area contributed by atoms with E-state index in [0.29, 0.717) is 10.0 Å². The normalized spacial score (nSPS) is 9.13. The molecule has 0 unspecified atom stereocenters. The van der Waals surface area contributed by atoms with Gasteiger partial charge in [-0.1, -0.05) is 47.6 Å². The Hall–Kier alpha value is -0.977. The minimum Gasteiger partial charge on any atom is -0.864 e. The van der Waals surface area contributed by atoms with Gasteiger partial charge >= 0.3 is 19.5 Å². The second kappa shape index (κ2) is 10.0. The van der Waals surface area contributed by atoms with E-state index in [4.69, 9.17) is 33.4 Å². The second-order valence-electron chi connectivity index (χ2n) is 3.90. The molecule has 0 aliphatic carbocycles. The molecule has 4 nitrogen and oxygen atoms in total. The summed E-state index contributed by atoms with van der Waals surface area (Å²) in [5, 5.41) is 38.9. The number of aromatic hydroxyl groups is 2. The molecule has 0 saturated heterocycles. The second-order valence-corrected chi connectivity index (χ2v) is 5.51. The molecule has 2 N–H and O–H groups in total. The first-order valence-corrected chi connectivity index (χ1v) is 7.19. The van der Waals surface area contributed by atoms with E-state index >= 15 is 0 Å². The SMILES string of the molecule is [O-]C(=S)c1cc(Cl)ccc1O.[O-]C(=S)c1cc(Cl)ccc1O.[Zn+2]. The predicted octanol–water partition coefficient (Wildman–Crippen LogP) is 2.16. The Morgan fingerprint density at radius 1 is 0.783 bits per heavy atom. The third kappa shape index (κ3) is 6.98. The predicted molar refractivity (Wildman–Crippen MR) is 89.6 cm³/mol. The third-order valence-electron chi connectivity index (χ3n) is 2.36. The Morgan fingerprint density at radius 2 is 1.09 bits per heavy atom. The Kier molecular flexibility index (Phi) is 9.58. The molecule has 9 heteroatoms. The van der Waals surface area contributed by atoms with Gasteiger partial charge in [-0.3, -0.25) is 0 Å². The molecule has 0 aromatic heterocycles. The largest absolute Gasteiger partial charge is 2.00 e. The maximum absolute atomic E-state index is 10.6. The van der Waals surface area contributed by atoms with Gasteiger partial charge in [0.15, 0.2) is 0 Å². The van der Waals surface area contributed by atoms with Crippen LogP contribution in [0.5, 0.6) is 11.5 Å². The Bertz CT molecular complexity index is 664. The van der Waals surface area contributed by atoms with Gasteiger partial charge in [-0.05, 0) is 46.5 Å². The average molecular weight is 441 g/mol. The molecule has 0 amide bonds. The molecule has 23 heavy (non-hydrogen) atoms. The topological polar surface area (TPSA) is 86.6 Å². The molecule has 0 saturated carbocycles. The fourth-order valence-electron chi connectivity index (χ4n) is 1.34. The van der Waals surface area contributed by atoms with Crippen molar-refractivity contribution in [1.82, 2.24) is 0 Å². The summed E-state index contributed by atoms with van der Waals surface area (Å²) in [4.78, 5) is 0. The molecule has 0 spiro atoms. The van der Waals surface area contributed by atoms with Gasteiger partial charge < -0.3 is 20.4 Å². The van der Waals surface area contributed by atoms with E-state index in [0.717, 1.165) is 0 Å². The van der Waals surface area contributed by atoms with Crippen LogP contribution in [-0.4, -0.2) is 20.3 Å². The number of hydrogen-bond acceptors (Lipinski definition) is 6. The van der Waals surface area contributed by atoms with E-state index in [1.807, 2.05) is 0 Å². The van der Waals surface area contributed by atoms with Crippen LogP contribution < -0.4 is 10.2 Å². The quantitative estimate of drug-likeness (QED) is 0.550. The van der Waals surface area contributed by atoms with Crippen LogP contribution in [0.25, 0.3) is 0 Å². The summed E-state index contributed by atoms with van der Waals surface area (Å²) < 4.78 is 0. The van der Waals surface area contributed by atoms with Crippen LogP contribution >= 0.6 is 47.6 Å². The van der Waals surface area contributed by atoms with E-state index in [1.54, 1.807) is 0 Å². The number of hydrogen-bond donors (Lipinski definition) is 2. The van der Waals surface area contributed by atoms with Crippen molar-refractivity contribution in [2.45, 2.75) is 0 Å². The summed E-state index contributed by atoms with van der Waals surface area (Å²) in [7, 11) is 0. The number of halogens is 2. The first-order chi connectivity index (χ1) is 10.2. The van der Waals surface area contributed by atoms with Gasteiger partial charge in [0, 0.05) is 21.2 Å². The van der Waals surface area contributed by atoms with Crippen LogP contribution in [0.4, 0.5) is 0 Å². The third-order valence-corrected chi connectivity index (χ3v) is 3.27. The van der Waals surface area contributed by atoms with E-state index in [1.165, 1.54) is 36.4 Å². The standard InChI is InChI=1S/2C7H5ClO2S.Zn/c2*8-4-1-2-6(9)5(3-4)7(10)11;/h2*1-3,9H,(H,10,11);/q;;+2/p-2. The van der Waals surface area contributed by atoms with Crippen molar-refractivity contribution in [1.29, 1.82) is 0 Å². The molecule has 0 atom stereocenters. The summed E-state index contributed by atoms with van der Waals surface area (Å²) in [5.41, 5.74) is 0.153. The maximum atomic E-state index is 10.6. The average Bonchev–Trinajstić information content (AvgIpc) is 2.44. The van der Waals surface area contributed by atoms with E-state index in [9.17, 15) is 10.2 Å². The minimum absolute atomic E-state index is 0. The molecule has 2 aromatic rings. The molecular weight excluding hydrogens is 433 g/mol. The molecular formula is C14H8Cl2O4S2Zn. The smallest absolute Gasteiger partial charge is 0.864 e. The van der Waals surface area contributed by atoms with Crippen LogP contribution in [0.15, 0.2) is 36.4 Å². The van der Waals surface area contributed by atoms with Crippen molar-refractivity contribution in [3.63, 3.8) is 0 Å². The van der Waals surface area contributed by atoms with Gasteiger partial charge in [0.25, 0.3) is 0 Å². The Labute approximate surface area is 166 Å². The van der Waals surface area contributed by atoms with Crippen LogP contribution in [0.1, 0.15) is 11.1 Å². The molecule has 0 fully saturated rings. The summed E-state index contributed by atoms with van der Waals surface area (Å²) in [6.07, 6.45) is 0. The zero-order chi connectivity index (χ0) is 16.9. The monoisotopic (exact) mass is 438 g/mol. The minimum atomic E-state index is -0.606. The van der Waals surface area contributed by atoms with Crippen molar-refractivity contribution in [2.75, 3.05) is 0 Å². The summed E-state index contributed by atoms with van der Waals surface area (Å²) >= 11 is 19.8. The molecule has 2 rings (SSSR count). The molecule has 0 radical (unpaired) electrons. The van der Waals surface area contributed by atoms with Crippen molar-refractivity contribution in [3.8, 4) is 11.5 Å². The first kappa shape index (κ1) is 22.0. The summed E-state index contributed by atoms with van der Waals surface area (Å²) in [6, 6.07) is 8.32. The Morgan fingerprint density at radius 3 is 1.30 bits per heavy atom. The number of phenols is 2. The number of phenolic OH excluding ortho intramolecular Hbond substituents is 2. The molecule has 0 aliphatic rings. The number of thiocarbonyl (C=S) groups is 2. The Balaban J connectivity index is 0.000000403. The molecule has 0 heterocycles. The van der Waals surface area contributed by atoms with Crippen molar-refractivity contribution in [2.24, 2.45) is 0 Å². The van der Waals surface area contributed by atoms with Gasteiger partial charge in [-0.2, -0.15) is 0 Å². The summed E-state index contributed by atoms with van der Waals surface area (Å²) in [6.45, 7) is 0. The van der Waals surface area contributed by atoms with Crippen molar-refractivity contribution >= 4 is 57.7 Å². The molecule has 0 bridgehead atoms. The van der Waals surface area contributed by atoms with Crippen LogP contribution in [0.3, 0.4) is 0 Å². The maximum Gasteiger partial charge on any atom is 2.00 e. The summed E-state index contributed by atoms with van der Waals surface area (Å²) in [5.74, 6) is -0.260. The van der Waals surface area contributed by atoms with Crippen molar-refractivity contribution < 1.29 is 39.9 Å². The molecule has 116 valence electrons. The van der Waals surface area contributed by atoms with E-state index < -0.39 is 10.1 Å². The van der Waals surface area contributed by atoms with E-state index in [2.05, 4.69) is 24.4 Å². The van der Waals surface area contributed by atoms with Crippen LogP contribution in [-0.2, 0) is 19.5 Å². The number of rotatable bonds is 2.